The van der Waals surface area contributed by atoms with E-state index in [9.17, 15) is 17.6 Å². The Morgan fingerprint density at radius 3 is 2.50 bits per heavy atom. The molecule has 10 nitrogen and oxygen atoms in total. The third-order valence-corrected chi connectivity index (χ3v) is 6.75. The van der Waals surface area contributed by atoms with E-state index in [1.807, 2.05) is 6.92 Å². The molecule has 1 fully saturated rings. The second-order valence-corrected chi connectivity index (χ2v) is 11.8. The van der Waals surface area contributed by atoms with Crippen molar-refractivity contribution in [1.82, 2.24) is 15.0 Å². The van der Waals surface area contributed by atoms with Gasteiger partial charge in [0.1, 0.15) is 29.4 Å². The minimum absolute atomic E-state index is 0.0892. The zero-order valence-electron chi connectivity index (χ0n) is 21.3. The minimum atomic E-state index is -3.50. The van der Waals surface area contributed by atoms with Crippen LogP contribution in [-0.2, 0) is 19.4 Å². The second kappa shape index (κ2) is 11.4. The summed E-state index contributed by atoms with van der Waals surface area (Å²) in [4.78, 5) is 27.8. The van der Waals surface area contributed by atoms with E-state index in [0.717, 1.165) is 31.7 Å². The number of anilines is 3. The number of hydrogen-bond acceptors (Lipinski definition) is 10. The number of halogens is 1. The molecule has 1 aromatic carbocycles. The van der Waals surface area contributed by atoms with Crippen LogP contribution in [-0.4, -0.2) is 67.6 Å². The molecule has 1 N–H and O–H groups in total. The Balaban J connectivity index is 1.59. The molecule has 198 valence electrons. The number of nitrogens with zero attached hydrogens (tertiary/aromatic N) is 4. The van der Waals surface area contributed by atoms with Crippen LogP contribution in [0, 0.1) is 11.7 Å². The van der Waals surface area contributed by atoms with Crippen molar-refractivity contribution in [2.45, 2.75) is 51.0 Å². The van der Waals surface area contributed by atoms with E-state index in [4.69, 9.17) is 9.57 Å². The quantitative estimate of drug-likeness (QED) is 0.506. The van der Waals surface area contributed by atoms with Crippen LogP contribution in [0.2, 0.25) is 0 Å². The van der Waals surface area contributed by atoms with Crippen LogP contribution >= 0.6 is 0 Å². The van der Waals surface area contributed by atoms with Crippen molar-refractivity contribution in [3.63, 3.8) is 0 Å². The summed E-state index contributed by atoms with van der Waals surface area (Å²) in [6.07, 6.45) is 3.42. The summed E-state index contributed by atoms with van der Waals surface area (Å²) in [6, 6.07) is 5.43. The molecule has 0 unspecified atom stereocenters. The Kier molecular flexibility index (Phi) is 8.72. The van der Waals surface area contributed by atoms with Gasteiger partial charge in [-0.15, -0.1) is 5.06 Å². The van der Waals surface area contributed by atoms with Gasteiger partial charge in [0.2, 0.25) is 0 Å². The largest absolute Gasteiger partial charge is 0.528 e. The maximum Gasteiger partial charge on any atom is 0.528 e. The predicted octanol–water partition coefficient (Wildman–Crippen LogP) is 4.17. The van der Waals surface area contributed by atoms with Gasteiger partial charge >= 0.3 is 6.16 Å². The zero-order valence-corrected chi connectivity index (χ0v) is 22.1. The summed E-state index contributed by atoms with van der Waals surface area (Å²) in [5.41, 5.74) is -0.485. The number of hydroxylamine groups is 2. The normalized spacial score (nSPS) is 15.4. The second-order valence-electron chi connectivity index (χ2n) is 9.77. The Morgan fingerprint density at radius 2 is 1.92 bits per heavy atom. The van der Waals surface area contributed by atoms with Gasteiger partial charge in [0.05, 0.1) is 10.6 Å². The SMILES string of the molecule is CCN(CC1CCN(OC(=O)OC(C)(C)C)CC1)c1cc(Nc2ccc(S(C)(=O)=O)cc2F)ncn1. The van der Waals surface area contributed by atoms with Crippen molar-refractivity contribution in [2.24, 2.45) is 5.92 Å². The van der Waals surface area contributed by atoms with Crippen LogP contribution in [0.4, 0.5) is 26.5 Å². The fraction of sp³-hybridized carbons (Fsp3) is 0.542. The van der Waals surface area contributed by atoms with Gasteiger partial charge in [-0.2, -0.15) is 0 Å². The summed E-state index contributed by atoms with van der Waals surface area (Å²) in [6.45, 7) is 10.1. The molecule has 3 rings (SSSR count). The smallest absolute Gasteiger partial charge is 0.427 e. The molecular formula is C24H34FN5O5S. The Hall–Kier alpha value is -2.99. The first-order valence-corrected chi connectivity index (χ1v) is 13.7. The van der Waals surface area contributed by atoms with Crippen LogP contribution in [0.3, 0.4) is 0 Å². The molecule has 1 aliphatic rings. The van der Waals surface area contributed by atoms with Gasteiger partial charge in [-0.05, 0) is 64.7 Å². The van der Waals surface area contributed by atoms with E-state index >= 15 is 0 Å². The van der Waals surface area contributed by atoms with Crippen molar-refractivity contribution in [2.75, 3.05) is 42.7 Å². The van der Waals surface area contributed by atoms with E-state index in [1.165, 1.54) is 18.5 Å². The van der Waals surface area contributed by atoms with Gasteiger partial charge in [0.15, 0.2) is 9.84 Å². The van der Waals surface area contributed by atoms with Gasteiger partial charge in [0.25, 0.3) is 0 Å². The summed E-state index contributed by atoms with van der Waals surface area (Å²) in [7, 11) is -3.50. The topological polar surface area (TPSA) is 114 Å². The third kappa shape index (κ3) is 8.02. The van der Waals surface area contributed by atoms with Crippen LogP contribution < -0.4 is 10.2 Å². The van der Waals surface area contributed by atoms with Crippen LogP contribution in [0.25, 0.3) is 0 Å². The molecule has 1 aromatic heterocycles. The van der Waals surface area contributed by atoms with Crippen LogP contribution in [0.1, 0.15) is 40.5 Å². The molecule has 1 aliphatic heterocycles. The highest BCUT2D eigenvalue weighted by atomic mass is 32.2. The van der Waals surface area contributed by atoms with Crippen molar-refractivity contribution in [3.8, 4) is 0 Å². The molecule has 2 aromatic rings. The van der Waals surface area contributed by atoms with E-state index in [-0.39, 0.29) is 10.6 Å². The fourth-order valence-corrected chi connectivity index (χ4v) is 4.44. The molecular weight excluding hydrogens is 489 g/mol. The number of nitrogens with one attached hydrogen (secondary N) is 1. The molecule has 2 heterocycles. The number of rotatable bonds is 8. The standard InChI is InChI=1S/C24H34FN5O5S/c1-6-29(15-17-9-11-30(12-10-17)35-23(31)34-24(2,3)4)22-14-21(26-16-27-22)28-20-8-7-18(13-19(20)25)36(5,32)33/h7-8,13-14,16-17H,6,9-12,15H2,1-5H3,(H,26,27,28). The maximum atomic E-state index is 14.5. The first kappa shape index (κ1) is 27.6. The molecule has 12 heteroatoms. The van der Waals surface area contributed by atoms with Crippen LogP contribution in [0.5, 0.6) is 0 Å². The molecule has 0 saturated carbocycles. The molecule has 0 spiro atoms. The first-order valence-electron chi connectivity index (χ1n) is 11.8. The summed E-state index contributed by atoms with van der Waals surface area (Å²) in [5.74, 6) is 0.766. The molecule has 0 radical (unpaired) electrons. The lowest BCUT2D eigenvalue weighted by molar-refractivity contribution is -0.154. The molecule has 0 amide bonds. The van der Waals surface area contributed by atoms with Crippen molar-refractivity contribution < 1.29 is 27.2 Å². The summed E-state index contributed by atoms with van der Waals surface area (Å²) in [5, 5.41) is 4.54. The van der Waals surface area contributed by atoms with Crippen molar-refractivity contribution in [1.29, 1.82) is 0 Å². The third-order valence-electron chi connectivity index (χ3n) is 5.64. The predicted molar refractivity (Wildman–Crippen MR) is 134 cm³/mol. The van der Waals surface area contributed by atoms with Gasteiger partial charge in [-0.3, -0.25) is 0 Å². The van der Waals surface area contributed by atoms with E-state index in [1.54, 1.807) is 31.9 Å². The number of carbonyl (C=O) groups is 1. The lowest BCUT2D eigenvalue weighted by atomic mass is 9.97. The van der Waals surface area contributed by atoms with E-state index in [0.29, 0.717) is 37.2 Å². The summed E-state index contributed by atoms with van der Waals surface area (Å²) >= 11 is 0. The number of piperidine rings is 1. The average Bonchev–Trinajstić information content (AvgIpc) is 2.78. The number of sulfone groups is 1. The monoisotopic (exact) mass is 523 g/mol. The zero-order chi connectivity index (χ0) is 26.5. The van der Waals surface area contributed by atoms with Gasteiger partial charge in [-0.1, -0.05) is 0 Å². The number of hydrogen-bond donors (Lipinski definition) is 1. The van der Waals surface area contributed by atoms with Gasteiger partial charge in [-0.25, -0.2) is 27.6 Å². The van der Waals surface area contributed by atoms with Crippen molar-refractivity contribution in [3.05, 3.63) is 36.4 Å². The van der Waals surface area contributed by atoms with Crippen molar-refractivity contribution >= 4 is 33.3 Å². The lowest BCUT2D eigenvalue weighted by Gasteiger charge is -2.34. The molecule has 0 atom stereocenters. The molecule has 1 saturated heterocycles. The van der Waals surface area contributed by atoms with E-state index in [2.05, 4.69) is 20.2 Å². The Morgan fingerprint density at radius 1 is 1.22 bits per heavy atom. The molecule has 0 aliphatic carbocycles. The minimum Gasteiger partial charge on any atom is -0.427 e. The average molecular weight is 524 g/mol. The first-order chi connectivity index (χ1) is 16.8. The number of ether oxygens (including phenoxy) is 1. The fourth-order valence-electron chi connectivity index (χ4n) is 3.81. The summed E-state index contributed by atoms with van der Waals surface area (Å²) < 4.78 is 43.0. The highest BCUT2D eigenvalue weighted by Crippen LogP contribution is 2.25. The number of carbonyl (C=O) groups excluding carboxylic acids is 1. The van der Waals surface area contributed by atoms with Gasteiger partial charge < -0.3 is 19.8 Å². The Bertz CT molecular complexity index is 1160. The number of aromatic nitrogens is 2. The number of benzene rings is 1. The molecule has 36 heavy (non-hydrogen) atoms. The molecule has 0 bridgehead atoms. The lowest BCUT2D eigenvalue weighted by Crippen LogP contribution is -2.40. The highest BCUT2D eigenvalue weighted by Gasteiger charge is 2.26. The highest BCUT2D eigenvalue weighted by molar-refractivity contribution is 7.90. The van der Waals surface area contributed by atoms with E-state index < -0.39 is 27.4 Å². The Labute approximate surface area is 211 Å². The van der Waals surface area contributed by atoms with Gasteiger partial charge in [0, 0.05) is 38.5 Å². The maximum absolute atomic E-state index is 14.5. The van der Waals surface area contributed by atoms with Crippen LogP contribution in [0.15, 0.2) is 35.5 Å².